The molecule has 3 aliphatic rings. The molecule has 6 rings (SSSR count). The van der Waals surface area contributed by atoms with Gasteiger partial charge in [-0.15, -0.1) is 10.2 Å². The van der Waals surface area contributed by atoms with Crippen LogP contribution in [0, 0.1) is 0 Å². The lowest BCUT2D eigenvalue weighted by Gasteiger charge is -2.34. The van der Waals surface area contributed by atoms with Crippen molar-refractivity contribution in [3.8, 4) is 22.5 Å². The number of nitrogens with one attached hydrogen (secondary N) is 1. The molecule has 0 aliphatic carbocycles. The van der Waals surface area contributed by atoms with Crippen LogP contribution in [-0.2, 0) is 14.3 Å². The van der Waals surface area contributed by atoms with Crippen LogP contribution in [0.5, 0.6) is 0 Å². The molecule has 2 atom stereocenters. The molecule has 3 aliphatic heterocycles. The number of nitrogens with zero attached hydrogens (tertiary/aromatic N) is 6. The standard InChI is InChI=1S/C29H31N7O4/c1-4-5-10-24-34(2)21-15-22-26(37)25(29(39)40-3)28(38)35(22)16-23(21)36(24)18-13-11-17(12-14-18)19-8-6-7-9-20(19)27-30-32-33-31-27/h6-9,11-14,22,24,37H,4-5,10,15-16H2,1-3H3,(H,30,31,32,33). The van der Waals surface area contributed by atoms with Crippen molar-refractivity contribution in [2.45, 2.75) is 44.8 Å². The number of aromatic amines is 1. The first-order valence-electron chi connectivity index (χ1n) is 13.4. The molecule has 2 N–H and O–H groups in total. The fourth-order valence-corrected chi connectivity index (χ4v) is 6.09. The molecule has 0 saturated heterocycles. The number of H-pyrrole nitrogens is 1. The molecule has 11 heteroatoms. The Morgan fingerprint density at radius 2 is 1.88 bits per heavy atom. The van der Waals surface area contributed by atoms with E-state index in [1.165, 1.54) is 7.11 Å². The molecular weight excluding hydrogens is 510 g/mol. The molecule has 1 amide bonds. The first kappa shape index (κ1) is 25.6. The molecule has 0 bridgehead atoms. The first-order valence-corrected chi connectivity index (χ1v) is 13.4. The number of fused-ring (bicyclic) bond motifs is 1. The number of carbonyl (C=O) groups is 2. The predicted molar refractivity (Wildman–Crippen MR) is 147 cm³/mol. The van der Waals surface area contributed by atoms with Crippen molar-refractivity contribution in [1.29, 1.82) is 0 Å². The minimum absolute atomic E-state index is 0.0729. The largest absolute Gasteiger partial charge is 0.509 e. The van der Waals surface area contributed by atoms with E-state index in [4.69, 9.17) is 4.74 Å². The summed E-state index contributed by atoms with van der Waals surface area (Å²) in [6.45, 7) is 2.47. The molecule has 0 fully saturated rings. The van der Waals surface area contributed by atoms with Gasteiger partial charge >= 0.3 is 5.97 Å². The van der Waals surface area contributed by atoms with Crippen molar-refractivity contribution in [3.63, 3.8) is 0 Å². The van der Waals surface area contributed by atoms with Gasteiger partial charge in [0.2, 0.25) is 5.82 Å². The van der Waals surface area contributed by atoms with Gasteiger partial charge in [-0.25, -0.2) is 4.79 Å². The number of unbranched alkanes of at least 4 members (excludes halogenated alkanes) is 1. The van der Waals surface area contributed by atoms with E-state index in [0.717, 1.165) is 53.0 Å². The molecule has 4 heterocycles. The van der Waals surface area contributed by atoms with Crippen molar-refractivity contribution in [2.24, 2.45) is 0 Å². The fraction of sp³-hybridized carbons (Fsp3) is 0.345. The van der Waals surface area contributed by atoms with Crippen LogP contribution in [0.15, 0.2) is 71.3 Å². The Morgan fingerprint density at radius 3 is 2.55 bits per heavy atom. The zero-order valence-corrected chi connectivity index (χ0v) is 22.7. The number of aliphatic hydroxyl groups is 1. The topological polar surface area (TPSA) is 128 Å². The number of esters is 1. The van der Waals surface area contributed by atoms with Crippen LogP contribution >= 0.6 is 0 Å². The second-order valence-corrected chi connectivity index (χ2v) is 10.2. The Hall–Kier alpha value is -4.67. The van der Waals surface area contributed by atoms with Gasteiger partial charge in [-0.1, -0.05) is 49.7 Å². The highest BCUT2D eigenvalue weighted by Gasteiger charge is 2.50. The van der Waals surface area contributed by atoms with Crippen molar-refractivity contribution in [1.82, 2.24) is 30.4 Å². The second kappa shape index (κ2) is 10.1. The Bertz CT molecular complexity index is 1510. The summed E-state index contributed by atoms with van der Waals surface area (Å²) in [6, 6.07) is 15.7. The maximum absolute atomic E-state index is 13.2. The number of benzene rings is 2. The summed E-state index contributed by atoms with van der Waals surface area (Å²) >= 11 is 0. The molecule has 0 radical (unpaired) electrons. The maximum atomic E-state index is 13.2. The number of anilines is 1. The summed E-state index contributed by atoms with van der Waals surface area (Å²) in [4.78, 5) is 31.6. The van der Waals surface area contributed by atoms with Gasteiger partial charge in [0.05, 0.1) is 25.4 Å². The third-order valence-corrected chi connectivity index (χ3v) is 8.10. The summed E-state index contributed by atoms with van der Waals surface area (Å²) in [5, 5.41) is 25.4. The van der Waals surface area contributed by atoms with Gasteiger partial charge in [0.1, 0.15) is 11.9 Å². The SMILES string of the molecule is CCCCC1N(C)C2=C(CN3C(=O)C(C(=O)OC)=C(O)C3C2)N1c1ccc(-c2ccccc2-c2nn[nH]n2)cc1. The summed E-state index contributed by atoms with van der Waals surface area (Å²) in [5.74, 6) is -0.968. The number of ether oxygens (including phenoxy) is 1. The third-order valence-electron chi connectivity index (χ3n) is 8.10. The fourth-order valence-electron chi connectivity index (χ4n) is 6.09. The molecule has 0 saturated carbocycles. The minimum atomic E-state index is -0.806. The number of aliphatic hydroxyl groups excluding tert-OH is 1. The van der Waals surface area contributed by atoms with Crippen LogP contribution in [0.25, 0.3) is 22.5 Å². The summed E-state index contributed by atoms with van der Waals surface area (Å²) in [6.07, 6.45) is 3.55. The summed E-state index contributed by atoms with van der Waals surface area (Å²) in [5.41, 5.74) is 5.72. The number of hydrogen-bond donors (Lipinski definition) is 2. The minimum Gasteiger partial charge on any atom is -0.509 e. The lowest BCUT2D eigenvalue weighted by atomic mass is 9.98. The van der Waals surface area contributed by atoms with Crippen LogP contribution < -0.4 is 4.90 Å². The van der Waals surface area contributed by atoms with E-state index in [-0.39, 0.29) is 17.5 Å². The van der Waals surface area contributed by atoms with Crippen LogP contribution in [0.4, 0.5) is 5.69 Å². The number of aromatic nitrogens is 4. The first-order chi connectivity index (χ1) is 19.4. The second-order valence-electron chi connectivity index (χ2n) is 10.2. The predicted octanol–water partition coefficient (Wildman–Crippen LogP) is 3.61. The molecular formula is C29H31N7O4. The normalized spacial score (nSPS) is 20.4. The lowest BCUT2D eigenvalue weighted by molar-refractivity contribution is -0.139. The van der Waals surface area contributed by atoms with E-state index >= 15 is 0 Å². The Labute approximate surface area is 231 Å². The molecule has 0 spiro atoms. The Balaban J connectivity index is 1.35. The highest BCUT2D eigenvalue weighted by molar-refractivity contribution is 6.18. The summed E-state index contributed by atoms with van der Waals surface area (Å²) in [7, 11) is 3.28. The van der Waals surface area contributed by atoms with Crippen molar-refractivity contribution >= 4 is 17.6 Å². The monoisotopic (exact) mass is 541 g/mol. The average Bonchev–Trinajstić information content (AvgIpc) is 3.67. The van der Waals surface area contributed by atoms with Gasteiger partial charge in [0.25, 0.3) is 5.91 Å². The van der Waals surface area contributed by atoms with Gasteiger partial charge in [0, 0.05) is 30.4 Å². The molecule has 1 aromatic heterocycles. The maximum Gasteiger partial charge on any atom is 0.347 e. The molecule has 40 heavy (non-hydrogen) atoms. The molecule has 206 valence electrons. The third kappa shape index (κ3) is 4.00. The Morgan fingerprint density at radius 1 is 1.12 bits per heavy atom. The lowest BCUT2D eigenvalue weighted by Crippen LogP contribution is -2.43. The van der Waals surface area contributed by atoms with Gasteiger partial charge in [-0.2, -0.15) is 5.21 Å². The van der Waals surface area contributed by atoms with E-state index in [1.807, 2.05) is 24.3 Å². The van der Waals surface area contributed by atoms with Crippen LogP contribution in [0.2, 0.25) is 0 Å². The van der Waals surface area contributed by atoms with Crippen molar-refractivity contribution in [3.05, 3.63) is 71.3 Å². The number of rotatable bonds is 7. The van der Waals surface area contributed by atoms with Crippen LogP contribution in [0.3, 0.4) is 0 Å². The molecule has 3 aromatic rings. The molecule has 2 unspecified atom stereocenters. The van der Waals surface area contributed by atoms with Crippen molar-refractivity contribution in [2.75, 3.05) is 25.6 Å². The average molecular weight is 542 g/mol. The van der Waals surface area contributed by atoms with Gasteiger partial charge in [-0.05, 0) is 41.3 Å². The van der Waals surface area contributed by atoms with E-state index in [2.05, 4.69) is 68.7 Å². The van der Waals surface area contributed by atoms with E-state index in [0.29, 0.717) is 18.8 Å². The van der Waals surface area contributed by atoms with Gasteiger partial charge in [-0.3, -0.25) is 4.79 Å². The zero-order chi connectivity index (χ0) is 28.0. The number of amides is 1. The van der Waals surface area contributed by atoms with Gasteiger partial charge < -0.3 is 24.5 Å². The van der Waals surface area contributed by atoms with E-state index in [9.17, 15) is 14.7 Å². The number of tetrazole rings is 1. The highest BCUT2D eigenvalue weighted by Crippen LogP contribution is 2.44. The molecule has 11 nitrogen and oxygen atoms in total. The number of carbonyl (C=O) groups excluding carboxylic acids is 2. The van der Waals surface area contributed by atoms with E-state index in [1.54, 1.807) is 4.90 Å². The number of hydrogen-bond acceptors (Lipinski definition) is 9. The van der Waals surface area contributed by atoms with Gasteiger partial charge in [0.15, 0.2) is 5.57 Å². The zero-order valence-electron chi connectivity index (χ0n) is 22.7. The quantitative estimate of drug-likeness (QED) is 0.341. The molecule has 2 aromatic carbocycles. The highest BCUT2D eigenvalue weighted by atomic mass is 16.5. The Kier molecular flexibility index (Phi) is 6.49. The number of methoxy groups -OCH3 is 1. The van der Waals surface area contributed by atoms with E-state index < -0.39 is 17.9 Å². The van der Waals surface area contributed by atoms with Crippen LogP contribution in [-0.4, -0.2) is 80.3 Å². The van der Waals surface area contributed by atoms with Crippen molar-refractivity contribution < 1.29 is 19.4 Å². The smallest absolute Gasteiger partial charge is 0.347 e. The van der Waals surface area contributed by atoms with Crippen LogP contribution in [0.1, 0.15) is 32.6 Å². The summed E-state index contributed by atoms with van der Waals surface area (Å²) < 4.78 is 4.78.